The van der Waals surface area contributed by atoms with E-state index in [1.807, 2.05) is 18.2 Å². The molecule has 5 aromatic carbocycles. The van der Waals surface area contributed by atoms with Crippen LogP contribution in [0.3, 0.4) is 0 Å². The molecule has 0 atom stereocenters. The third-order valence-corrected chi connectivity index (χ3v) is 8.27. The van der Waals surface area contributed by atoms with E-state index in [0.29, 0.717) is 0 Å². The topological polar surface area (TPSA) is 17.1 Å². The smallest absolute Gasteiger partial charge is 0.193 e. The Bertz CT molecular complexity index is 1650. The highest BCUT2D eigenvalue weighted by Gasteiger charge is 2.51. The molecule has 178 valence electrons. The monoisotopic (exact) mass is 476 g/mol. The molecule has 0 unspecified atom stereocenters. The van der Waals surface area contributed by atoms with E-state index in [9.17, 15) is 4.79 Å². The van der Waals surface area contributed by atoms with Crippen molar-refractivity contribution in [2.24, 2.45) is 0 Å². The summed E-state index contributed by atoms with van der Waals surface area (Å²) in [4.78, 5) is 13.8. The minimum atomic E-state index is -0.425. The first-order valence-corrected chi connectivity index (χ1v) is 13.0. The summed E-state index contributed by atoms with van der Waals surface area (Å²) in [6.07, 6.45) is 0. The Morgan fingerprint density at radius 1 is 0.514 bits per heavy atom. The molecule has 2 aliphatic rings. The standard InChI is InChI=1S/C36H28O/c1-35(2,3)25-19-16-23(17-20-25)34(37)24-18-21-29-28-12-6-9-15-32(28)36(33(29)22-24)30-13-7-4-10-26(30)27-11-5-8-14-31(27)36/h4-22H,1-3H3. The summed E-state index contributed by atoms with van der Waals surface area (Å²) in [5.41, 5.74) is 12.4. The number of rotatable bonds is 2. The van der Waals surface area contributed by atoms with Gasteiger partial charge in [0.15, 0.2) is 5.78 Å². The molecule has 0 aromatic heterocycles. The molecule has 2 aliphatic carbocycles. The van der Waals surface area contributed by atoms with Gasteiger partial charge in [0.2, 0.25) is 0 Å². The van der Waals surface area contributed by atoms with Crippen LogP contribution in [0, 0.1) is 0 Å². The quantitative estimate of drug-likeness (QED) is 0.228. The predicted octanol–water partition coefficient (Wildman–Crippen LogP) is 8.56. The highest BCUT2D eigenvalue weighted by molar-refractivity contribution is 6.10. The Labute approximate surface area is 218 Å². The molecule has 37 heavy (non-hydrogen) atoms. The van der Waals surface area contributed by atoms with Gasteiger partial charge in [-0.3, -0.25) is 4.79 Å². The lowest BCUT2D eigenvalue weighted by Gasteiger charge is -2.30. The number of carbonyl (C=O) groups excluding carboxylic acids is 1. The van der Waals surface area contributed by atoms with Crippen LogP contribution in [0.25, 0.3) is 22.3 Å². The van der Waals surface area contributed by atoms with Gasteiger partial charge in [-0.15, -0.1) is 0 Å². The highest BCUT2D eigenvalue weighted by Crippen LogP contribution is 2.62. The molecule has 0 aliphatic heterocycles. The summed E-state index contributed by atoms with van der Waals surface area (Å²) in [6.45, 7) is 6.58. The van der Waals surface area contributed by atoms with Crippen LogP contribution in [-0.4, -0.2) is 5.78 Å². The summed E-state index contributed by atoms with van der Waals surface area (Å²) in [5.74, 6) is 0.0638. The lowest BCUT2D eigenvalue weighted by atomic mass is 9.70. The minimum Gasteiger partial charge on any atom is -0.289 e. The molecular formula is C36H28O. The van der Waals surface area contributed by atoms with Crippen molar-refractivity contribution >= 4 is 5.78 Å². The Kier molecular flexibility index (Phi) is 4.54. The first-order valence-electron chi connectivity index (χ1n) is 13.0. The van der Waals surface area contributed by atoms with E-state index < -0.39 is 5.41 Å². The van der Waals surface area contributed by atoms with Gasteiger partial charge in [-0.1, -0.05) is 130 Å². The van der Waals surface area contributed by atoms with Crippen molar-refractivity contribution in [3.05, 3.63) is 154 Å². The van der Waals surface area contributed by atoms with Crippen molar-refractivity contribution in [2.45, 2.75) is 31.6 Å². The maximum Gasteiger partial charge on any atom is 0.193 e. The van der Waals surface area contributed by atoms with Gasteiger partial charge in [0.05, 0.1) is 5.41 Å². The van der Waals surface area contributed by atoms with E-state index in [2.05, 4.69) is 118 Å². The molecule has 1 nitrogen and oxygen atoms in total. The number of hydrogen-bond donors (Lipinski definition) is 0. The number of hydrogen-bond acceptors (Lipinski definition) is 1. The summed E-state index contributed by atoms with van der Waals surface area (Å²) < 4.78 is 0. The average Bonchev–Trinajstić information content (AvgIpc) is 3.39. The van der Waals surface area contributed by atoms with E-state index >= 15 is 0 Å². The third kappa shape index (κ3) is 2.95. The molecule has 0 N–H and O–H groups in total. The average molecular weight is 477 g/mol. The van der Waals surface area contributed by atoms with Gasteiger partial charge in [-0.2, -0.15) is 0 Å². The number of ketones is 1. The number of fused-ring (bicyclic) bond motifs is 10. The van der Waals surface area contributed by atoms with Crippen molar-refractivity contribution in [2.75, 3.05) is 0 Å². The normalized spacial score (nSPS) is 14.1. The maximum absolute atomic E-state index is 13.8. The second-order valence-corrected chi connectivity index (χ2v) is 11.3. The van der Waals surface area contributed by atoms with Crippen LogP contribution >= 0.6 is 0 Å². The third-order valence-electron chi connectivity index (χ3n) is 8.27. The molecule has 0 saturated heterocycles. The molecule has 0 radical (unpaired) electrons. The van der Waals surface area contributed by atoms with Crippen LogP contribution in [0.1, 0.15) is 64.5 Å². The molecular weight excluding hydrogens is 448 g/mol. The van der Waals surface area contributed by atoms with Crippen LogP contribution in [0.2, 0.25) is 0 Å². The van der Waals surface area contributed by atoms with Crippen LogP contribution in [0.15, 0.2) is 115 Å². The van der Waals surface area contributed by atoms with Crippen LogP contribution in [0.5, 0.6) is 0 Å². The predicted molar refractivity (Wildman–Crippen MR) is 151 cm³/mol. The van der Waals surface area contributed by atoms with Crippen molar-refractivity contribution in [3.8, 4) is 22.3 Å². The number of carbonyl (C=O) groups is 1. The summed E-state index contributed by atoms with van der Waals surface area (Å²) in [6, 6.07) is 40.7. The van der Waals surface area contributed by atoms with Gasteiger partial charge in [-0.25, -0.2) is 0 Å². The van der Waals surface area contributed by atoms with Gasteiger partial charge in [0, 0.05) is 11.1 Å². The zero-order valence-corrected chi connectivity index (χ0v) is 21.4. The van der Waals surface area contributed by atoms with Crippen molar-refractivity contribution < 1.29 is 4.79 Å². The maximum atomic E-state index is 13.8. The first kappa shape index (κ1) is 22.0. The van der Waals surface area contributed by atoms with Crippen molar-refractivity contribution in [3.63, 3.8) is 0 Å². The SMILES string of the molecule is CC(C)(C)c1ccc(C(=O)c2ccc3c(c2)C2(c4ccccc4-c4ccccc42)c2ccccc2-3)cc1. The fourth-order valence-electron chi connectivity index (χ4n) is 6.52. The van der Waals surface area contributed by atoms with E-state index in [4.69, 9.17) is 0 Å². The molecule has 5 aromatic rings. The second-order valence-electron chi connectivity index (χ2n) is 11.3. The summed E-state index contributed by atoms with van der Waals surface area (Å²) in [7, 11) is 0. The van der Waals surface area contributed by atoms with Gasteiger partial charge in [-0.05, 0) is 61.6 Å². The summed E-state index contributed by atoms with van der Waals surface area (Å²) >= 11 is 0. The highest BCUT2D eigenvalue weighted by atomic mass is 16.1. The molecule has 0 saturated carbocycles. The Morgan fingerprint density at radius 2 is 0.946 bits per heavy atom. The van der Waals surface area contributed by atoms with E-state index in [-0.39, 0.29) is 11.2 Å². The molecule has 1 spiro atoms. The molecule has 7 rings (SSSR count). The summed E-state index contributed by atoms with van der Waals surface area (Å²) in [5, 5.41) is 0. The van der Waals surface area contributed by atoms with Crippen molar-refractivity contribution in [1.82, 2.24) is 0 Å². The lowest BCUT2D eigenvalue weighted by Crippen LogP contribution is -2.26. The van der Waals surface area contributed by atoms with E-state index in [0.717, 1.165) is 11.1 Å². The fourth-order valence-corrected chi connectivity index (χ4v) is 6.52. The Morgan fingerprint density at radius 3 is 1.43 bits per heavy atom. The molecule has 0 bridgehead atoms. The Balaban J connectivity index is 1.46. The van der Waals surface area contributed by atoms with Crippen molar-refractivity contribution in [1.29, 1.82) is 0 Å². The zero-order valence-electron chi connectivity index (χ0n) is 21.4. The van der Waals surface area contributed by atoms with Gasteiger partial charge < -0.3 is 0 Å². The van der Waals surface area contributed by atoms with Crippen LogP contribution in [-0.2, 0) is 10.8 Å². The number of benzene rings is 5. The fraction of sp³-hybridized carbons (Fsp3) is 0.139. The van der Waals surface area contributed by atoms with Crippen LogP contribution in [0.4, 0.5) is 0 Å². The van der Waals surface area contributed by atoms with Gasteiger partial charge in [0.1, 0.15) is 0 Å². The molecule has 0 amide bonds. The Hall–Kier alpha value is -4.23. The lowest BCUT2D eigenvalue weighted by molar-refractivity contribution is 0.103. The van der Waals surface area contributed by atoms with E-state index in [1.54, 1.807) is 0 Å². The first-order chi connectivity index (χ1) is 17.9. The molecule has 0 heterocycles. The molecule has 1 heteroatoms. The largest absolute Gasteiger partial charge is 0.289 e. The molecule has 0 fully saturated rings. The second kappa shape index (κ2) is 7.63. The van der Waals surface area contributed by atoms with Gasteiger partial charge in [0.25, 0.3) is 0 Å². The van der Waals surface area contributed by atoms with Crippen LogP contribution < -0.4 is 0 Å². The van der Waals surface area contributed by atoms with E-state index in [1.165, 1.54) is 50.1 Å². The zero-order chi connectivity index (χ0) is 25.4. The van der Waals surface area contributed by atoms with Gasteiger partial charge >= 0.3 is 0 Å². The minimum absolute atomic E-state index is 0.0521.